The van der Waals surface area contributed by atoms with Crippen LogP contribution in [0.3, 0.4) is 0 Å². The Hall–Kier alpha value is -1.57. The highest BCUT2D eigenvalue weighted by atomic mass is 32.1. The molecule has 3 N–H and O–H groups in total. The second kappa shape index (κ2) is 5.20. The summed E-state index contributed by atoms with van der Waals surface area (Å²) < 4.78 is 5.34. The molecule has 2 heterocycles. The molecule has 1 saturated heterocycles. The van der Waals surface area contributed by atoms with Crippen LogP contribution < -0.4 is 11.1 Å². The molecule has 0 radical (unpaired) electrons. The van der Waals surface area contributed by atoms with Gasteiger partial charge in [0, 0.05) is 19.1 Å². The fraction of sp³-hybridized carbons (Fsp3) is 0.727. The van der Waals surface area contributed by atoms with Crippen LogP contribution in [0.5, 0.6) is 0 Å². The zero-order valence-electron chi connectivity index (χ0n) is 11.3. The van der Waals surface area contributed by atoms with Gasteiger partial charge in [0.2, 0.25) is 10.3 Å². The van der Waals surface area contributed by atoms with Gasteiger partial charge < -0.3 is 20.7 Å². The summed E-state index contributed by atoms with van der Waals surface area (Å²) in [6, 6.07) is 0.167. The number of nitrogens with zero attached hydrogens (tertiary/aromatic N) is 3. The SMILES string of the molecule is CC(C)(C)OC(=O)N1CC[C@@H](Nc2nnc(N)s2)C1. The molecule has 1 atom stereocenters. The van der Waals surface area contributed by atoms with Crippen LogP contribution in [0.2, 0.25) is 0 Å². The number of nitrogens with two attached hydrogens (primary N) is 1. The van der Waals surface area contributed by atoms with Gasteiger partial charge in [0.05, 0.1) is 0 Å². The number of anilines is 2. The second-order valence-electron chi connectivity index (χ2n) is 5.50. The van der Waals surface area contributed by atoms with Crippen LogP contribution in [0.1, 0.15) is 27.2 Å². The van der Waals surface area contributed by atoms with E-state index in [2.05, 4.69) is 15.5 Å². The average Bonchev–Trinajstić information content (AvgIpc) is 2.86. The highest BCUT2D eigenvalue weighted by Gasteiger charge is 2.30. The van der Waals surface area contributed by atoms with Gasteiger partial charge in [0.1, 0.15) is 5.60 Å². The summed E-state index contributed by atoms with van der Waals surface area (Å²) in [4.78, 5) is 13.6. The third-order valence-electron chi connectivity index (χ3n) is 2.61. The van der Waals surface area contributed by atoms with Gasteiger partial charge in [-0.3, -0.25) is 0 Å². The summed E-state index contributed by atoms with van der Waals surface area (Å²) >= 11 is 1.30. The van der Waals surface area contributed by atoms with E-state index in [1.165, 1.54) is 11.3 Å². The van der Waals surface area contributed by atoms with Crippen LogP contribution in [0.4, 0.5) is 15.1 Å². The molecule has 2 rings (SSSR count). The monoisotopic (exact) mass is 285 g/mol. The maximum atomic E-state index is 11.9. The number of aromatic nitrogens is 2. The van der Waals surface area contributed by atoms with Crippen LogP contribution >= 0.6 is 11.3 Å². The van der Waals surface area contributed by atoms with Crippen molar-refractivity contribution in [3.8, 4) is 0 Å². The third-order valence-corrected chi connectivity index (χ3v) is 3.29. The Balaban J connectivity index is 1.84. The minimum absolute atomic E-state index is 0.167. The molecule has 0 saturated carbocycles. The Kier molecular flexibility index (Phi) is 3.79. The Morgan fingerprint density at radius 2 is 2.26 bits per heavy atom. The first kappa shape index (κ1) is 13.9. The Labute approximate surface area is 116 Å². The molecule has 1 aliphatic heterocycles. The van der Waals surface area contributed by atoms with Gasteiger partial charge in [0.15, 0.2) is 0 Å². The number of nitrogens with one attached hydrogen (secondary N) is 1. The van der Waals surface area contributed by atoms with Crippen LogP contribution in [-0.2, 0) is 4.74 Å². The lowest BCUT2D eigenvalue weighted by atomic mass is 10.2. The molecule has 19 heavy (non-hydrogen) atoms. The van der Waals surface area contributed by atoms with Crippen LogP contribution in [-0.4, -0.2) is 45.9 Å². The molecule has 1 amide bonds. The maximum absolute atomic E-state index is 11.9. The predicted molar refractivity (Wildman–Crippen MR) is 74.2 cm³/mol. The van der Waals surface area contributed by atoms with Gasteiger partial charge in [-0.05, 0) is 27.2 Å². The number of rotatable bonds is 2. The van der Waals surface area contributed by atoms with Crippen molar-refractivity contribution in [2.24, 2.45) is 0 Å². The molecule has 1 aliphatic rings. The smallest absolute Gasteiger partial charge is 0.410 e. The summed E-state index contributed by atoms with van der Waals surface area (Å²) in [6.45, 7) is 6.87. The molecule has 1 aromatic heterocycles. The third kappa shape index (κ3) is 3.95. The molecule has 7 nitrogen and oxygen atoms in total. The first-order valence-corrected chi connectivity index (χ1v) is 6.98. The molecule has 0 spiro atoms. The van der Waals surface area contributed by atoms with E-state index in [4.69, 9.17) is 10.5 Å². The van der Waals surface area contributed by atoms with E-state index < -0.39 is 5.60 Å². The normalized spacial score (nSPS) is 19.5. The zero-order valence-corrected chi connectivity index (χ0v) is 12.2. The predicted octanol–water partition coefficient (Wildman–Crippen LogP) is 1.54. The standard InChI is InChI=1S/C11H19N5O2S/c1-11(2,3)18-10(17)16-5-4-7(6-16)13-9-15-14-8(12)19-9/h7H,4-6H2,1-3H3,(H2,12,14)(H,13,15)/t7-/m1/s1. The van der Waals surface area contributed by atoms with Crippen LogP contribution in [0.25, 0.3) is 0 Å². The first-order chi connectivity index (χ1) is 8.83. The van der Waals surface area contributed by atoms with E-state index in [1.807, 2.05) is 20.8 Å². The lowest BCUT2D eigenvalue weighted by Gasteiger charge is -2.24. The Morgan fingerprint density at radius 1 is 1.53 bits per heavy atom. The zero-order chi connectivity index (χ0) is 14.0. The Morgan fingerprint density at radius 3 is 2.84 bits per heavy atom. The van der Waals surface area contributed by atoms with E-state index in [-0.39, 0.29) is 12.1 Å². The van der Waals surface area contributed by atoms with Crippen molar-refractivity contribution >= 4 is 27.7 Å². The summed E-state index contributed by atoms with van der Waals surface area (Å²) in [5.41, 5.74) is 5.06. The lowest BCUT2D eigenvalue weighted by molar-refractivity contribution is 0.0293. The summed E-state index contributed by atoms with van der Waals surface area (Å²) in [5, 5.41) is 12.0. The molecular weight excluding hydrogens is 266 g/mol. The molecule has 106 valence electrons. The molecule has 0 aliphatic carbocycles. The molecule has 0 aromatic carbocycles. The summed E-state index contributed by atoms with van der Waals surface area (Å²) in [5.74, 6) is 0. The van der Waals surface area contributed by atoms with Crippen LogP contribution in [0.15, 0.2) is 0 Å². The molecule has 0 bridgehead atoms. The highest BCUT2D eigenvalue weighted by Crippen LogP contribution is 2.21. The number of carbonyl (C=O) groups excluding carboxylic acids is 1. The van der Waals surface area contributed by atoms with Crippen molar-refractivity contribution in [1.29, 1.82) is 0 Å². The molecular formula is C11H19N5O2S. The first-order valence-electron chi connectivity index (χ1n) is 6.17. The quantitative estimate of drug-likeness (QED) is 0.856. The number of nitrogen functional groups attached to an aromatic ring is 1. The van der Waals surface area contributed by atoms with Crippen molar-refractivity contribution in [1.82, 2.24) is 15.1 Å². The van der Waals surface area contributed by atoms with E-state index >= 15 is 0 Å². The molecule has 1 fully saturated rings. The highest BCUT2D eigenvalue weighted by molar-refractivity contribution is 7.18. The van der Waals surface area contributed by atoms with Crippen molar-refractivity contribution in [3.63, 3.8) is 0 Å². The fourth-order valence-electron chi connectivity index (χ4n) is 1.84. The van der Waals surface area contributed by atoms with Gasteiger partial charge >= 0.3 is 6.09 Å². The van der Waals surface area contributed by atoms with Gasteiger partial charge in [-0.25, -0.2) is 4.79 Å². The van der Waals surface area contributed by atoms with Crippen molar-refractivity contribution in [3.05, 3.63) is 0 Å². The van der Waals surface area contributed by atoms with Gasteiger partial charge in [-0.15, -0.1) is 10.2 Å². The van der Waals surface area contributed by atoms with E-state index in [0.717, 1.165) is 6.42 Å². The van der Waals surface area contributed by atoms with Crippen molar-refractivity contribution in [2.45, 2.75) is 38.8 Å². The fourth-order valence-corrected chi connectivity index (χ4v) is 2.42. The minimum atomic E-state index is -0.462. The maximum Gasteiger partial charge on any atom is 0.410 e. The van der Waals surface area contributed by atoms with E-state index in [9.17, 15) is 4.79 Å². The lowest BCUT2D eigenvalue weighted by Crippen LogP contribution is -2.36. The van der Waals surface area contributed by atoms with Crippen molar-refractivity contribution < 1.29 is 9.53 Å². The summed E-state index contributed by atoms with van der Waals surface area (Å²) in [6.07, 6.45) is 0.590. The Bertz CT molecular complexity index is 456. The van der Waals surface area contributed by atoms with Gasteiger partial charge in [-0.2, -0.15) is 0 Å². The number of likely N-dealkylation sites (tertiary alicyclic amines) is 1. The molecule has 0 unspecified atom stereocenters. The van der Waals surface area contributed by atoms with E-state index in [1.54, 1.807) is 4.90 Å². The summed E-state index contributed by atoms with van der Waals surface area (Å²) in [7, 11) is 0. The number of ether oxygens (including phenoxy) is 1. The van der Waals surface area contributed by atoms with Crippen LogP contribution in [0, 0.1) is 0 Å². The average molecular weight is 285 g/mol. The second-order valence-corrected chi connectivity index (χ2v) is 6.51. The number of amides is 1. The number of hydrogen-bond donors (Lipinski definition) is 2. The molecule has 1 aromatic rings. The topological polar surface area (TPSA) is 93.4 Å². The largest absolute Gasteiger partial charge is 0.444 e. The number of carbonyl (C=O) groups is 1. The number of hydrogen-bond acceptors (Lipinski definition) is 7. The minimum Gasteiger partial charge on any atom is -0.444 e. The van der Waals surface area contributed by atoms with Gasteiger partial charge in [0.25, 0.3) is 0 Å². The van der Waals surface area contributed by atoms with Gasteiger partial charge in [-0.1, -0.05) is 11.3 Å². The van der Waals surface area contributed by atoms with Crippen molar-refractivity contribution in [2.75, 3.05) is 24.1 Å². The molecule has 8 heteroatoms. The van der Waals surface area contributed by atoms with E-state index in [0.29, 0.717) is 23.4 Å².